The third-order valence-corrected chi connectivity index (χ3v) is 9.78. The number of hydrogen-bond donors (Lipinski definition) is 4. The summed E-state index contributed by atoms with van der Waals surface area (Å²) in [6.45, 7) is 2.73. The van der Waals surface area contributed by atoms with Crippen LogP contribution < -0.4 is 11.2 Å². The van der Waals surface area contributed by atoms with Gasteiger partial charge in [0, 0.05) is 18.7 Å². The average Bonchev–Trinajstić information content (AvgIpc) is 3.53. The summed E-state index contributed by atoms with van der Waals surface area (Å²) < 4.78 is 9.17. The lowest BCUT2D eigenvalue weighted by molar-refractivity contribution is -0.133. The number of hydrogen-bond acceptors (Lipinski definition) is 10. The summed E-state index contributed by atoms with van der Waals surface area (Å²) in [6, 6.07) is 22.6. The van der Waals surface area contributed by atoms with E-state index in [1.807, 2.05) is 30.3 Å². The molecular weight excluding hydrogens is 717 g/mol. The van der Waals surface area contributed by atoms with Crippen LogP contribution in [0.5, 0.6) is 0 Å². The summed E-state index contributed by atoms with van der Waals surface area (Å²) in [5.41, 5.74) is 5.64. The van der Waals surface area contributed by atoms with Crippen LogP contribution in [0.4, 0.5) is 9.59 Å². The SMILES string of the molecule is COC(=O)NCC(=O)N(Cc1ncc(-c2ccc(-c3ccc4cc(-c5cnc(CN(CCC#N)C(=O)CN(N)C(=O)OC)[nH]5)ccc4c3)cc2)[nH]1)CC1(C)CC1. The number of benzene rings is 3. The van der Waals surface area contributed by atoms with Gasteiger partial charge in [0.2, 0.25) is 11.8 Å². The Morgan fingerprint density at radius 2 is 1.39 bits per heavy atom. The van der Waals surface area contributed by atoms with E-state index < -0.39 is 24.6 Å². The molecule has 5 aromatic rings. The van der Waals surface area contributed by atoms with E-state index in [0.29, 0.717) is 29.7 Å². The zero-order valence-electron chi connectivity index (χ0n) is 31.5. The summed E-state index contributed by atoms with van der Waals surface area (Å²) in [7, 11) is 2.43. The second kappa shape index (κ2) is 17.2. The largest absolute Gasteiger partial charge is 0.453 e. The van der Waals surface area contributed by atoms with E-state index in [-0.39, 0.29) is 37.4 Å². The third kappa shape index (κ3) is 9.68. The normalized spacial score (nSPS) is 12.7. The van der Waals surface area contributed by atoms with Crippen molar-refractivity contribution < 1.29 is 28.7 Å². The van der Waals surface area contributed by atoms with Crippen molar-refractivity contribution >= 4 is 34.8 Å². The molecule has 1 saturated carbocycles. The second-order valence-electron chi connectivity index (χ2n) is 14.1. The lowest BCUT2D eigenvalue weighted by Crippen LogP contribution is -2.46. The van der Waals surface area contributed by atoms with Crippen LogP contribution in [-0.2, 0) is 32.2 Å². The molecule has 16 heteroatoms. The molecule has 3 aromatic carbocycles. The molecule has 5 N–H and O–H groups in total. The molecule has 1 fully saturated rings. The van der Waals surface area contributed by atoms with E-state index in [2.05, 4.69) is 78.0 Å². The van der Waals surface area contributed by atoms with Gasteiger partial charge in [-0.2, -0.15) is 5.26 Å². The second-order valence-corrected chi connectivity index (χ2v) is 14.1. The van der Waals surface area contributed by atoms with Crippen molar-refractivity contribution in [2.75, 3.05) is 40.4 Å². The first-order valence-corrected chi connectivity index (χ1v) is 18.0. The molecule has 56 heavy (non-hydrogen) atoms. The van der Waals surface area contributed by atoms with Gasteiger partial charge >= 0.3 is 12.2 Å². The fourth-order valence-electron chi connectivity index (χ4n) is 6.28. The molecule has 2 aromatic heterocycles. The van der Waals surface area contributed by atoms with Crippen molar-refractivity contribution in [3.05, 3.63) is 84.7 Å². The Bertz CT molecular complexity index is 2260. The number of nitrogens with two attached hydrogens (primary N) is 1. The number of rotatable bonds is 15. The Kier molecular flexibility index (Phi) is 11.9. The fraction of sp³-hybridized carbons (Fsp3) is 0.325. The average molecular weight is 761 g/mol. The summed E-state index contributed by atoms with van der Waals surface area (Å²) in [6.07, 6.45) is 4.18. The van der Waals surface area contributed by atoms with Crippen LogP contribution in [0.1, 0.15) is 37.8 Å². The van der Waals surface area contributed by atoms with E-state index >= 15 is 0 Å². The molecule has 0 unspecified atom stereocenters. The van der Waals surface area contributed by atoms with Crippen LogP contribution in [0.15, 0.2) is 73.1 Å². The summed E-state index contributed by atoms with van der Waals surface area (Å²) in [5, 5.41) is 14.3. The Labute approximate surface area is 323 Å². The zero-order valence-corrected chi connectivity index (χ0v) is 31.5. The van der Waals surface area contributed by atoms with Crippen LogP contribution in [0.25, 0.3) is 44.4 Å². The molecule has 2 heterocycles. The minimum absolute atomic E-state index is 0.0817. The maximum absolute atomic E-state index is 13.0. The molecule has 1 aliphatic rings. The number of carbonyl (C=O) groups excluding carboxylic acids is 4. The molecule has 290 valence electrons. The van der Waals surface area contributed by atoms with Gasteiger partial charge in [-0.05, 0) is 57.9 Å². The molecular formula is C40H44N10O6. The highest BCUT2D eigenvalue weighted by atomic mass is 16.5. The van der Waals surface area contributed by atoms with E-state index in [1.54, 1.807) is 17.3 Å². The Morgan fingerprint density at radius 3 is 2.00 bits per heavy atom. The van der Waals surface area contributed by atoms with Crippen molar-refractivity contribution in [2.24, 2.45) is 11.3 Å². The number of aromatic nitrogens is 4. The maximum atomic E-state index is 13.0. The van der Waals surface area contributed by atoms with Gasteiger partial charge in [-0.25, -0.2) is 30.4 Å². The molecule has 0 radical (unpaired) electrons. The number of ether oxygens (including phenoxy) is 2. The van der Waals surface area contributed by atoms with E-state index in [1.165, 1.54) is 19.1 Å². The van der Waals surface area contributed by atoms with Crippen molar-refractivity contribution in [3.8, 4) is 39.7 Å². The summed E-state index contributed by atoms with van der Waals surface area (Å²) in [4.78, 5) is 67.8. The van der Waals surface area contributed by atoms with Gasteiger partial charge in [-0.3, -0.25) is 9.59 Å². The lowest BCUT2D eigenvalue weighted by Gasteiger charge is -2.25. The summed E-state index contributed by atoms with van der Waals surface area (Å²) in [5.74, 6) is 6.16. The van der Waals surface area contributed by atoms with Crippen molar-refractivity contribution in [1.82, 2.24) is 40.1 Å². The fourth-order valence-corrected chi connectivity index (χ4v) is 6.28. The van der Waals surface area contributed by atoms with Gasteiger partial charge in [0.25, 0.3) is 0 Å². The maximum Gasteiger partial charge on any atom is 0.424 e. The molecule has 0 aliphatic heterocycles. The smallest absolute Gasteiger partial charge is 0.424 e. The molecule has 1 aliphatic carbocycles. The van der Waals surface area contributed by atoms with Gasteiger partial charge in [0.05, 0.1) is 63.6 Å². The van der Waals surface area contributed by atoms with Gasteiger partial charge in [0.15, 0.2) is 0 Å². The minimum Gasteiger partial charge on any atom is -0.453 e. The van der Waals surface area contributed by atoms with Crippen LogP contribution >= 0.6 is 0 Å². The first-order valence-electron chi connectivity index (χ1n) is 18.0. The van der Waals surface area contributed by atoms with Gasteiger partial charge in [-0.15, -0.1) is 0 Å². The number of fused-ring (bicyclic) bond motifs is 1. The van der Waals surface area contributed by atoms with Crippen LogP contribution in [-0.4, -0.2) is 99.1 Å². The van der Waals surface area contributed by atoms with Crippen LogP contribution in [0.2, 0.25) is 0 Å². The topological polar surface area (TPSA) is 216 Å². The van der Waals surface area contributed by atoms with Crippen molar-refractivity contribution in [3.63, 3.8) is 0 Å². The van der Waals surface area contributed by atoms with Gasteiger partial charge < -0.3 is 34.6 Å². The highest BCUT2D eigenvalue weighted by Crippen LogP contribution is 2.45. The molecule has 16 nitrogen and oxygen atoms in total. The number of imidazole rings is 2. The number of aromatic amines is 2. The zero-order chi connectivity index (χ0) is 39.8. The van der Waals surface area contributed by atoms with Crippen molar-refractivity contribution in [1.29, 1.82) is 5.26 Å². The Hall–Kier alpha value is -6.73. The van der Waals surface area contributed by atoms with Gasteiger partial charge in [-0.1, -0.05) is 55.5 Å². The van der Waals surface area contributed by atoms with E-state index in [9.17, 15) is 19.2 Å². The number of H-pyrrole nitrogens is 2. The number of nitriles is 1. The Balaban J connectivity index is 1.10. The lowest BCUT2D eigenvalue weighted by atomic mass is 9.98. The van der Waals surface area contributed by atoms with Crippen molar-refractivity contribution in [2.45, 2.75) is 39.3 Å². The number of alkyl carbamates (subject to hydrolysis) is 1. The highest BCUT2D eigenvalue weighted by Gasteiger charge is 2.40. The molecule has 6 rings (SSSR count). The minimum atomic E-state index is -0.845. The molecule has 0 bridgehead atoms. The number of nitrogens with zero attached hydrogens (tertiary/aromatic N) is 6. The monoisotopic (exact) mass is 760 g/mol. The number of nitrogens with one attached hydrogen (secondary N) is 3. The first-order chi connectivity index (χ1) is 27.0. The van der Waals surface area contributed by atoms with E-state index in [4.69, 9.17) is 11.1 Å². The van der Waals surface area contributed by atoms with Gasteiger partial charge in [0.1, 0.15) is 24.7 Å². The number of hydrazine groups is 1. The highest BCUT2D eigenvalue weighted by molar-refractivity contribution is 5.90. The van der Waals surface area contributed by atoms with E-state index in [0.717, 1.165) is 57.3 Å². The molecule has 4 amide bonds. The molecule has 0 spiro atoms. The standard InChI is InChI=1S/C40H44N10O6/c1-40(13-14-40)25-49(36(51)21-45-38(53)55-2)23-35-43-19-32(46-35)27-7-5-26(6-8-27)28-9-10-30-18-31(12-11-29(30)17-28)33-20-44-34(47-33)22-48(16-4-15-41)37(52)24-50(42)39(54)56-3/h5-12,17-20H,4,13-14,16,21-25,42H2,1-3H3,(H,43,46)(H,44,47)(H,45,53). The summed E-state index contributed by atoms with van der Waals surface area (Å²) >= 11 is 0. The number of methoxy groups -OCH3 is 2. The Morgan fingerprint density at radius 1 is 0.821 bits per heavy atom. The third-order valence-electron chi connectivity index (χ3n) is 9.78. The number of carbonyl (C=O) groups is 4. The predicted molar refractivity (Wildman–Crippen MR) is 207 cm³/mol. The molecule has 0 saturated heterocycles. The van der Waals surface area contributed by atoms with Crippen LogP contribution in [0, 0.1) is 16.7 Å². The first kappa shape index (κ1) is 39.0. The number of amides is 4. The predicted octanol–water partition coefficient (Wildman–Crippen LogP) is 4.96. The van der Waals surface area contributed by atoms with Crippen LogP contribution in [0.3, 0.4) is 0 Å². The quantitative estimate of drug-likeness (QED) is 0.0639. The molecule has 0 atom stereocenters.